The van der Waals surface area contributed by atoms with Gasteiger partial charge >= 0.3 is 0 Å². The van der Waals surface area contributed by atoms with E-state index in [1.165, 1.54) is 12.1 Å². The van der Waals surface area contributed by atoms with E-state index in [0.29, 0.717) is 6.61 Å². The molecule has 0 saturated carbocycles. The lowest BCUT2D eigenvalue weighted by atomic mass is 10.1. The minimum atomic E-state index is -0.253. The number of fused-ring (bicyclic) bond motifs is 1. The van der Waals surface area contributed by atoms with Gasteiger partial charge < -0.3 is 4.74 Å². The molecule has 0 radical (unpaired) electrons. The number of thioether (sulfide) groups is 1. The molecule has 25 heavy (non-hydrogen) atoms. The van der Waals surface area contributed by atoms with Crippen LogP contribution in [0.2, 0.25) is 0 Å². The largest absolute Gasteiger partial charge is 0.381 e. The Morgan fingerprint density at radius 1 is 0.960 bits per heavy atom. The van der Waals surface area contributed by atoms with Gasteiger partial charge in [-0.05, 0) is 30.7 Å². The van der Waals surface area contributed by atoms with Crippen molar-refractivity contribution in [3.63, 3.8) is 0 Å². The van der Waals surface area contributed by atoms with E-state index in [4.69, 9.17) is 4.74 Å². The molecule has 3 rings (SSSR count). The zero-order chi connectivity index (χ0) is 17.5. The predicted octanol–water partition coefficient (Wildman–Crippen LogP) is 5.34. The van der Waals surface area contributed by atoms with Crippen LogP contribution in [0.1, 0.15) is 19.8 Å². The first-order valence-corrected chi connectivity index (χ1v) is 9.50. The van der Waals surface area contributed by atoms with Crippen LogP contribution in [0.5, 0.6) is 0 Å². The van der Waals surface area contributed by atoms with E-state index in [1.54, 1.807) is 23.9 Å². The van der Waals surface area contributed by atoms with Crippen molar-refractivity contribution in [1.82, 2.24) is 10.2 Å². The normalized spacial score (nSPS) is 11.1. The summed E-state index contributed by atoms with van der Waals surface area (Å²) in [6.07, 6.45) is 2.24. The maximum Gasteiger partial charge on any atom is 0.127 e. The van der Waals surface area contributed by atoms with Crippen molar-refractivity contribution in [1.29, 1.82) is 0 Å². The first kappa shape index (κ1) is 17.8. The van der Waals surface area contributed by atoms with Crippen LogP contribution in [0, 0.1) is 5.82 Å². The summed E-state index contributed by atoms with van der Waals surface area (Å²) in [4.78, 5) is 0. The molecule has 1 aromatic heterocycles. The van der Waals surface area contributed by atoms with Gasteiger partial charge in [-0.3, -0.25) is 0 Å². The Hall–Kier alpha value is -1.98. The molecule has 0 atom stereocenters. The third-order valence-electron chi connectivity index (χ3n) is 3.88. The second-order valence-corrected chi connectivity index (χ2v) is 6.80. The van der Waals surface area contributed by atoms with Crippen molar-refractivity contribution in [3.05, 3.63) is 54.3 Å². The molecule has 0 unspecified atom stereocenters. The first-order chi connectivity index (χ1) is 12.3. The molecular weight excluding hydrogens is 335 g/mol. The Balaban J connectivity index is 1.80. The molecule has 0 aliphatic carbocycles. The quantitative estimate of drug-likeness (QED) is 0.403. The van der Waals surface area contributed by atoms with Gasteiger partial charge in [-0.1, -0.05) is 37.6 Å². The number of unbranched alkanes of at least 4 members (excludes halogenated alkanes) is 1. The van der Waals surface area contributed by atoms with E-state index in [2.05, 4.69) is 23.2 Å². The van der Waals surface area contributed by atoms with Gasteiger partial charge in [0.05, 0.1) is 6.61 Å². The molecule has 0 bridgehead atoms. The Bertz CT molecular complexity index is 824. The highest BCUT2D eigenvalue weighted by atomic mass is 32.2. The van der Waals surface area contributed by atoms with Crippen LogP contribution in [-0.2, 0) is 4.74 Å². The van der Waals surface area contributed by atoms with Crippen LogP contribution in [0.4, 0.5) is 4.39 Å². The molecule has 2 aromatic carbocycles. The van der Waals surface area contributed by atoms with Crippen molar-refractivity contribution in [2.45, 2.75) is 24.8 Å². The van der Waals surface area contributed by atoms with Gasteiger partial charge in [-0.15, -0.1) is 22.0 Å². The summed E-state index contributed by atoms with van der Waals surface area (Å²) in [6.45, 7) is 3.68. The van der Waals surface area contributed by atoms with Crippen LogP contribution in [0.15, 0.2) is 53.6 Å². The maximum atomic E-state index is 13.2. The van der Waals surface area contributed by atoms with Gasteiger partial charge in [0.2, 0.25) is 0 Å². The van der Waals surface area contributed by atoms with Crippen LogP contribution in [-0.4, -0.2) is 29.2 Å². The standard InChI is InChI=1S/C20H21FN2OS/c1-2-3-12-24-13-14-25-20-18-7-5-4-6-17(18)19(22-23-20)15-8-10-16(21)11-9-15/h4-11H,2-3,12-14H2,1H3. The molecule has 0 amide bonds. The molecule has 3 aromatic rings. The number of halogens is 1. The topological polar surface area (TPSA) is 35.0 Å². The highest BCUT2D eigenvalue weighted by molar-refractivity contribution is 7.99. The molecule has 0 saturated heterocycles. The number of benzene rings is 2. The summed E-state index contributed by atoms with van der Waals surface area (Å²) < 4.78 is 18.8. The minimum absolute atomic E-state index is 0.253. The van der Waals surface area contributed by atoms with E-state index in [9.17, 15) is 4.39 Å². The fraction of sp³-hybridized carbons (Fsp3) is 0.300. The summed E-state index contributed by atoms with van der Waals surface area (Å²) in [5.74, 6) is 0.592. The molecule has 1 heterocycles. The SMILES string of the molecule is CCCCOCCSc1nnc(-c2ccc(F)cc2)c2ccccc12. The summed E-state index contributed by atoms with van der Waals surface area (Å²) in [6, 6.07) is 14.4. The van der Waals surface area contributed by atoms with Gasteiger partial charge in [0.15, 0.2) is 0 Å². The molecular formula is C20H21FN2OS. The summed E-state index contributed by atoms with van der Waals surface area (Å²) in [5, 5.41) is 11.8. The summed E-state index contributed by atoms with van der Waals surface area (Å²) >= 11 is 1.66. The minimum Gasteiger partial charge on any atom is -0.381 e. The Labute approximate surface area is 151 Å². The van der Waals surface area contributed by atoms with E-state index >= 15 is 0 Å². The van der Waals surface area contributed by atoms with Crippen LogP contribution in [0.25, 0.3) is 22.0 Å². The molecule has 0 aliphatic rings. The van der Waals surface area contributed by atoms with Crippen molar-refractivity contribution in [2.75, 3.05) is 19.0 Å². The first-order valence-electron chi connectivity index (χ1n) is 8.51. The Kier molecular flexibility index (Phi) is 6.36. The van der Waals surface area contributed by atoms with Crippen molar-refractivity contribution in [2.24, 2.45) is 0 Å². The monoisotopic (exact) mass is 356 g/mol. The van der Waals surface area contributed by atoms with Gasteiger partial charge in [0.1, 0.15) is 16.5 Å². The molecule has 130 valence electrons. The lowest BCUT2D eigenvalue weighted by Gasteiger charge is -2.09. The number of hydrogen-bond acceptors (Lipinski definition) is 4. The highest BCUT2D eigenvalue weighted by Crippen LogP contribution is 2.31. The van der Waals surface area contributed by atoms with E-state index in [-0.39, 0.29) is 5.82 Å². The third-order valence-corrected chi connectivity index (χ3v) is 4.83. The molecule has 5 heteroatoms. The Morgan fingerprint density at radius 2 is 1.72 bits per heavy atom. The number of aromatic nitrogens is 2. The average molecular weight is 356 g/mol. The number of nitrogens with zero attached hydrogens (tertiary/aromatic N) is 2. The van der Waals surface area contributed by atoms with Crippen molar-refractivity contribution >= 4 is 22.5 Å². The van der Waals surface area contributed by atoms with Gasteiger partial charge in [0, 0.05) is 28.7 Å². The predicted molar refractivity (Wildman–Crippen MR) is 101 cm³/mol. The van der Waals surface area contributed by atoms with E-state index in [1.807, 2.05) is 18.2 Å². The molecule has 0 spiro atoms. The second kappa shape index (κ2) is 8.92. The van der Waals surface area contributed by atoms with Gasteiger partial charge in [0.25, 0.3) is 0 Å². The zero-order valence-electron chi connectivity index (χ0n) is 14.2. The molecule has 0 fully saturated rings. The van der Waals surface area contributed by atoms with E-state index in [0.717, 1.165) is 52.3 Å². The molecule has 0 aliphatic heterocycles. The van der Waals surface area contributed by atoms with Gasteiger partial charge in [-0.2, -0.15) is 0 Å². The molecule has 3 nitrogen and oxygen atoms in total. The number of rotatable bonds is 8. The van der Waals surface area contributed by atoms with E-state index < -0.39 is 0 Å². The smallest absolute Gasteiger partial charge is 0.127 e. The second-order valence-electron chi connectivity index (χ2n) is 5.72. The molecule has 0 N–H and O–H groups in total. The third kappa shape index (κ3) is 4.55. The van der Waals surface area contributed by atoms with Crippen molar-refractivity contribution < 1.29 is 9.13 Å². The lowest BCUT2D eigenvalue weighted by Crippen LogP contribution is -2.00. The number of ether oxygens (including phenoxy) is 1. The lowest BCUT2D eigenvalue weighted by molar-refractivity contribution is 0.147. The zero-order valence-corrected chi connectivity index (χ0v) is 15.1. The fourth-order valence-electron chi connectivity index (χ4n) is 2.55. The van der Waals surface area contributed by atoms with Crippen molar-refractivity contribution in [3.8, 4) is 11.3 Å². The Morgan fingerprint density at radius 3 is 2.48 bits per heavy atom. The van der Waals surface area contributed by atoms with Crippen LogP contribution >= 0.6 is 11.8 Å². The van der Waals surface area contributed by atoms with Crippen LogP contribution in [0.3, 0.4) is 0 Å². The highest BCUT2D eigenvalue weighted by Gasteiger charge is 2.11. The summed E-state index contributed by atoms with van der Waals surface area (Å²) in [7, 11) is 0. The summed E-state index contributed by atoms with van der Waals surface area (Å²) in [5.41, 5.74) is 1.64. The van der Waals surface area contributed by atoms with Gasteiger partial charge in [-0.25, -0.2) is 4.39 Å². The van der Waals surface area contributed by atoms with Crippen LogP contribution < -0.4 is 0 Å². The number of hydrogen-bond donors (Lipinski definition) is 0. The average Bonchev–Trinajstić information content (AvgIpc) is 2.65. The maximum absolute atomic E-state index is 13.2. The fourth-order valence-corrected chi connectivity index (χ4v) is 3.38.